The van der Waals surface area contributed by atoms with Gasteiger partial charge in [-0.15, -0.1) is 0 Å². The Bertz CT molecular complexity index is 476. The highest BCUT2D eigenvalue weighted by Crippen LogP contribution is 2.23. The van der Waals surface area contributed by atoms with Crippen molar-refractivity contribution in [3.8, 4) is 0 Å². The number of aryl methyl sites for hydroxylation is 2. The summed E-state index contributed by atoms with van der Waals surface area (Å²) in [7, 11) is 0. The number of anilines is 1. The molecule has 2 N–H and O–H groups in total. The molecule has 3 nitrogen and oxygen atoms in total. The highest BCUT2D eigenvalue weighted by molar-refractivity contribution is 5.91. The second-order valence-electron chi connectivity index (χ2n) is 5.94. The molecule has 0 fully saturated rings. The number of amides is 2. The molecule has 104 valence electrons. The van der Waals surface area contributed by atoms with Crippen molar-refractivity contribution in [2.24, 2.45) is 5.41 Å². The molecule has 19 heavy (non-hydrogen) atoms. The lowest BCUT2D eigenvalue weighted by Gasteiger charge is -2.19. The van der Waals surface area contributed by atoms with Crippen LogP contribution in [0.5, 0.6) is 0 Å². The van der Waals surface area contributed by atoms with E-state index in [1.807, 2.05) is 39.0 Å². The fourth-order valence-electron chi connectivity index (χ4n) is 1.55. The minimum absolute atomic E-state index is 0.0614. The van der Waals surface area contributed by atoms with Crippen LogP contribution in [0.15, 0.2) is 30.0 Å². The van der Waals surface area contributed by atoms with Gasteiger partial charge in [0.2, 0.25) is 0 Å². The van der Waals surface area contributed by atoms with Crippen LogP contribution in [0.1, 0.15) is 38.8 Å². The zero-order chi connectivity index (χ0) is 14.6. The Morgan fingerprint density at radius 2 is 1.68 bits per heavy atom. The van der Waals surface area contributed by atoms with E-state index in [1.165, 1.54) is 0 Å². The smallest absolute Gasteiger partial charge is 0.314 e. The zero-order valence-corrected chi connectivity index (χ0v) is 12.7. The number of urea groups is 1. The molecule has 0 saturated heterocycles. The summed E-state index contributed by atoms with van der Waals surface area (Å²) in [6.07, 6.45) is 1.77. The van der Waals surface area contributed by atoms with Gasteiger partial charge in [-0.1, -0.05) is 44.5 Å². The van der Waals surface area contributed by atoms with E-state index in [4.69, 9.17) is 0 Å². The number of benzene rings is 1. The summed E-state index contributed by atoms with van der Waals surface area (Å²) in [5.74, 6) is 0. The van der Waals surface area contributed by atoms with E-state index < -0.39 is 0 Å². The van der Waals surface area contributed by atoms with Crippen LogP contribution >= 0.6 is 0 Å². The van der Waals surface area contributed by atoms with Crippen LogP contribution in [0, 0.1) is 19.3 Å². The lowest BCUT2D eigenvalue weighted by atomic mass is 9.88. The Labute approximate surface area is 116 Å². The third-order valence-electron chi connectivity index (χ3n) is 3.32. The van der Waals surface area contributed by atoms with Crippen LogP contribution in [0.2, 0.25) is 0 Å². The van der Waals surface area contributed by atoms with Crippen LogP contribution in [0.4, 0.5) is 10.5 Å². The largest absolute Gasteiger partial charge is 0.323 e. The molecule has 3 heteroatoms. The average Bonchev–Trinajstić information content (AvgIpc) is 2.29. The summed E-state index contributed by atoms with van der Waals surface area (Å²) < 4.78 is 0. The van der Waals surface area contributed by atoms with Crippen LogP contribution in [0.25, 0.3) is 0 Å². The summed E-state index contributed by atoms with van der Waals surface area (Å²) >= 11 is 0. The van der Waals surface area contributed by atoms with Crippen LogP contribution in [0.3, 0.4) is 0 Å². The molecule has 0 radical (unpaired) electrons. The third-order valence-corrected chi connectivity index (χ3v) is 3.32. The quantitative estimate of drug-likeness (QED) is 0.814. The van der Waals surface area contributed by atoms with E-state index in [-0.39, 0.29) is 11.4 Å². The minimum atomic E-state index is -0.207. The van der Waals surface area contributed by atoms with Gasteiger partial charge in [0.05, 0.1) is 0 Å². The van der Waals surface area contributed by atoms with Gasteiger partial charge in [-0.3, -0.25) is 0 Å². The maximum Gasteiger partial charge on any atom is 0.323 e. The van der Waals surface area contributed by atoms with Gasteiger partial charge in [0.15, 0.2) is 0 Å². The molecule has 0 spiro atoms. The molecule has 0 aromatic heterocycles. The fourth-order valence-corrected chi connectivity index (χ4v) is 1.55. The molecule has 1 aromatic rings. The maximum absolute atomic E-state index is 11.9. The summed E-state index contributed by atoms with van der Waals surface area (Å²) in [5.41, 5.74) is 4.19. The second kappa shape index (κ2) is 5.91. The monoisotopic (exact) mass is 260 g/mol. The number of allylic oxidation sites excluding steroid dienone is 1. The lowest BCUT2D eigenvalue weighted by Crippen LogP contribution is -2.26. The van der Waals surface area contributed by atoms with Crippen molar-refractivity contribution in [2.75, 3.05) is 5.32 Å². The number of nitrogens with one attached hydrogen (secondary N) is 2. The van der Waals surface area contributed by atoms with E-state index in [0.717, 1.165) is 22.4 Å². The summed E-state index contributed by atoms with van der Waals surface area (Å²) in [4.78, 5) is 11.9. The van der Waals surface area contributed by atoms with Gasteiger partial charge >= 0.3 is 6.03 Å². The van der Waals surface area contributed by atoms with Crippen molar-refractivity contribution >= 4 is 11.7 Å². The zero-order valence-electron chi connectivity index (χ0n) is 12.7. The molecule has 0 aliphatic heterocycles. The second-order valence-corrected chi connectivity index (χ2v) is 5.94. The standard InChI is InChI=1S/C16H24N2O/c1-11-8-7-9-12(2)14(11)18-15(19)17-10-13(3)16(4,5)6/h7-10H,1-6H3,(H2,17,18,19)/b13-10+. The maximum atomic E-state index is 11.9. The summed E-state index contributed by atoms with van der Waals surface area (Å²) in [6.45, 7) is 12.3. The molecule has 0 unspecified atom stereocenters. The van der Waals surface area contributed by atoms with Gasteiger partial charge in [-0.25, -0.2) is 4.79 Å². The number of hydrogen-bond donors (Lipinski definition) is 2. The first-order valence-electron chi connectivity index (χ1n) is 6.53. The number of rotatable bonds is 2. The topological polar surface area (TPSA) is 41.1 Å². The fraction of sp³-hybridized carbons (Fsp3) is 0.438. The Kier molecular flexibility index (Phi) is 4.76. The number of carbonyl (C=O) groups excluding carboxylic acids is 1. The molecule has 0 saturated carbocycles. The first-order chi connectivity index (χ1) is 8.71. The van der Waals surface area contributed by atoms with Crippen molar-refractivity contribution in [3.63, 3.8) is 0 Å². The van der Waals surface area contributed by atoms with E-state index in [9.17, 15) is 4.79 Å². The highest BCUT2D eigenvalue weighted by atomic mass is 16.2. The highest BCUT2D eigenvalue weighted by Gasteiger charge is 2.13. The molecule has 0 aliphatic rings. The molecule has 1 rings (SSSR count). The van der Waals surface area contributed by atoms with E-state index in [0.29, 0.717) is 0 Å². The number of carbonyl (C=O) groups is 1. The van der Waals surface area contributed by atoms with Gasteiger partial charge < -0.3 is 10.6 Å². The van der Waals surface area contributed by atoms with E-state index in [2.05, 4.69) is 31.4 Å². The Morgan fingerprint density at radius 3 is 2.16 bits per heavy atom. The van der Waals surface area contributed by atoms with Crippen molar-refractivity contribution in [3.05, 3.63) is 41.1 Å². The van der Waals surface area contributed by atoms with Crippen LogP contribution in [-0.2, 0) is 0 Å². The molecular weight excluding hydrogens is 236 g/mol. The minimum Gasteiger partial charge on any atom is -0.314 e. The van der Waals surface area contributed by atoms with Gasteiger partial charge in [-0.2, -0.15) is 0 Å². The van der Waals surface area contributed by atoms with Crippen LogP contribution < -0.4 is 10.6 Å². The SMILES string of the molecule is C/C(=C\NC(=O)Nc1c(C)cccc1C)C(C)(C)C. The summed E-state index contributed by atoms with van der Waals surface area (Å²) in [5, 5.41) is 5.67. The molecule has 1 aromatic carbocycles. The molecule has 2 amide bonds. The Balaban J connectivity index is 2.72. The summed E-state index contributed by atoms with van der Waals surface area (Å²) in [6, 6.07) is 5.75. The van der Waals surface area contributed by atoms with E-state index in [1.54, 1.807) is 6.20 Å². The van der Waals surface area contributed by atoms with Crippen molar-refractivity contribution < 1.29 is 4.79 Å². The first-order valence-corrected chi connectivity index (χ1v) is 6.53. The van der Waals surface area contributed by atoms with Gasteiger partial charge in [0, 0.05) is 11.9 Å². The Morgan fingerprint density at radius 1 is 1.16 bits per heavy atom. The molecule has 0 bridgehead atoms. The molecule has 0 heterocycles. The van der Waals surface area contributed by atoms with Crippen molar-refractivity contribution in [2.45, 2.75) is 41.5 Å². The Hall–Kier alpha value is -1.77. The molecule has 0 atom stereocenters. The van der Waals surface area contributed by atoms with Crippen molar-refractivity contribution in [1.82, 2.24) is 5.32 Å². The van der Waals surface area contributed by atoms with Crippen molar-refractivity contribution in [1.29, 1.82) is 0 Å². The molecule has 0 aliphatic carbocycles. The number of para-hydroxylation sites is 1. The van der Waals surface area contributed by atoms with Gasteiger partial charge in [-0.05, 0) is 37.3 Å². The lowest BCUT2D eigenvalue weighted by molar-refractivity contribution is 0.255. The normalized spacial score (nSPS) is 12.2. The van der Waals surface area contributed by atoms with Gasteiger partial charge in [0.1, 0.15) is 0 Å². The van der Waals surface area contributed by atoms with E-state index >= 15 is 0 Å². The number of hydrogen-bond acceptors (Lipinski definition) is 1. The molecular formula is C16H24N2O. The average molecular weight is 260 g/mol. The predicted octanol–water partition coefficient (Wildman–Crippen LogP) is 4.37. The first kappa shape index (κ1) is 15.3. The third kappa shape index (κ3) is 4.43. The predicted molar refractivity (Wildman–Crippen MR) is 81.3 cm³/mol. The van der Waals surface area contributed by atoms with Crippen LogP contribution in [-0.4, -0.2) is 6.03 Å². The van der Waals surface area contributed by atoms with Gasteiger partial charge in [0.25, 0.3) is 0 Å².